The molecule has 2 aromatic carbocycles. The Morgan fingerprint density at radius 3 is 1.40 bits per heavy atom. The molecule has 0 aliphatic rings. The van der Waals surface area contributed by atoms with Crippen LogP contribution in [-0.4, -0.2) is 121 Å². The maximum Gasteiger partial charge on any atom is 0.407 e. The number of pyridine rings is 2. The largest absolute Gasteiger partial charge is 0.444 e. The number of amides is 2. The van der Waals surface area contributed by atoms with E-state index in [-0.39, 0.29) is 42.6 Å². The average Bonchev–Trinajstić information content (AvgIpc) is 3.74. The van der Waals surface area contributed by atoms with E-state index in [9.17, 15) is 35.9 Å². The number of alkyl carbamates (subject to hydrolysis) is 2. The number of halogens is 2. The van der Waals surface area contributed by atoms with Gasteiger partial charge in [0.1, 0.15) is 22.9 Å². The SMILES string of the molecule is COCc1ccc2c(n1)c(-c1cccc(S(=O)(=O)N(C)C)c1)c(C)n2C/C(F)=C/CNC(=O)OC(C)(C)C.Cc1c(-c2cccc(S(=O)(=O)N(C)C)c2)c2nc(CO)ccc2n1C/C(F)=C/CNC(=O)OC(C)(C)C. The molecule has 6 rings (SSSR count). The molecule has 0 radical (unpaired) electrons. The van der Waals surface area contributed by atoms with E-state index in [1.165, 1.54) is 52.5 Å². The third kappa shape index (κ3) is 15.1. The summed E-state index contributed by atoms with van der Waals surface area (Å²) >= 11 is 0. The van der Waals surface area contributed by atoms with E-state index in [0.717, 1.165) is 8.61 Å². The normalized spacial score (nSPS) is 12.8. The molecule has 2 amide bonds. The number of rotatable bonds is 17. The van der Waals surface area contributed by atoms with Crippen molar-refractivity contribution in [3.05, 3.63) is 119 Å². The number of fused-ring (bicyclic) bond motifs is 2. The van der Waals surface area contributed by atoms with Crippen molar-refractivity contribution in [2.75, 3.05) is 48.4 Å². The summed E-state index contributed by atoms with van der Waals surface area (Å²) in [6.07, 6.45) is 1.27. The topological polar surface area (TPSA) is 217 Å². The predicted molar refractivity (Wildman–Crippen MR) is 285 cm³/mol. The highest BCUT2D eigenvalue weighted by Crippen LogP contribution is 2.37. The molecule has 0 fully saturated rings. The number of aliphatic hydroxyl groups excluding tert-OH is 1. The number of sulfonamides is 2. The Balaban J connectivity index is 0.000000277. The van der Waals surface area contributed by atoms with Gasteiger partial charge in [-0.05, 0) is 127 Å². The Bertz CT molecular complexity index is 3340. The number of nitrogens with zero attached hydrogens (tertiary/aromatic N) is 6. The van der Waals surface area contributed by atoms with Crippen molar-refractivity contribution in [2.45, 2.75) is 103 Å². The van der Waals surface area contributed by atoms with Crippen LogP contribution in [0, 0.1) is 13.8 Å². The van der Waals surface area contributed by atoms with Crippen molar-refractivity contribution in [1.82, 2.24) is 38.3 Å². The Morgan fingerprint density at radius 2 is 1.04 bits per heavy atom. The summed E-state index contributed by atoms with van der Waals surface area (Å²) in [5.74, 6) is -0.949. The van der Waals surface area contributed by atoms with Crippen LogP contribution in [0.2, 0.25) is 0 Å². The van der Waals surface area contributed by atoms with Crippen LogP contribution in [0.1, 0.15) is 64.3 Å². The van der Waals surface area contributed by atoms with Crippen molar-refractivity contribution in [3.63, 3.8) is 0 Å². The molecular weight excluding hydrogens is 1010 g/mol. The lowest BCUT2D eigenvalue weighted by Crippen LogP contribution is -2.32. The molecule has 0 atom stereocenters. The summed E-state index contributed by atoms with van der Waals surface area (Å²) in [6.45, 7) is 13.8. The van der Waals surface area contributed by atoms with Gasteiger partial charge in [0.05, 0.1) is 69.5 Å². The van der Waals surface area contributed by atoms with E-state index in [1.54, 1.807) is 107 Å². The third-order valence-electron chi connectivity index (χ3n) is 11.3. The van der Waals surface area contributed by atoms with Crippen LogP contribution in [0.25, 0.3) is 44.3 Å². The molecule has 75 heavy (non-hydrogen) atoms. The molecule has 0 unspecified atom stereocenters. The summed E-state index contributed by atoms with van der Waals surface area (Å²) in [5.41, 5.74) is 6.20. The first-order valence-electron chi connectivity index (χ1n) is 23.7. The first-order valence-corrected chi connectivity index (χ1v) is 26.6. The maximum atomic E-state index is 15.0. The lowest BCUT2D eigenvalue weighted by Gasteiger charge is -2.19. The second-order valence-corrected chi connectivity index (χ2v) is 24.0. The quantitative estimate of drug-likeness (QED) is 0.0781. The minimum atomic E-state index is -3.68. The zero-order valence-electron chi connectivity index (χ0n) is 44.7. The molecule has 4 heterocycles. The molecule has 0 aliphatic heterocycles. The molecule has 6 aromatic rings. The summed E-state index contributed by atoms with van der Waals surface area (Å²) in [6, 6.07) is 20.2. The average molecular weight is 1080 g/mol. The van der Waals surface area contributed by atoms with E-state index >= 15 is 4.39 Å². The second-order valence-electron chi connectivity index (χ2n) is 19.7. The number of methoxy groups -OCH3 is 1. The molecule has 0 bridgehead atoms. The van der Waals surface area contributed by atoms with Gasteiger partial charge in [-0.3, -0.25) is 0 Å². The van der Waals surface area contributed by atoms with Crippen LogP contribution < -0.4 is 10.6 Å². The van der Waals surface area contributed by atoms with Crippen LogP contribution in [0.4, 0.5) is 18.4 Å². The van der Waals surface area contributed by atoms with Crippen LogP contribution in [0.3, 0.4) is 0 Å². The van der Waals surface area contributed by atoms with E-state index in [1.807, 2.05) is 25.1 Å². The van der Waals surface area contributed by atoms with Gasteiger partial charge in [0.15, 0.2) is 0 Å². The summed E-state index contributed by atoms with van der Waals surface area (Å²) in [7, 11) is 0.111. The highest BCUT2D eigenvalue weighted by atomic mass is 32.2. The number of aromatic nitrogens is 4. The van der Waals surface area contributed by atoms with E-state index in [4.69, 9.17) is 19.2 Å². The fourth-order valence-electron chi connectivity index (χ4n) is 7.77. The molecule has 0 saturated carbocycles. The summed E-state index contributed by atoms with van der Waals surface area (Å²) in [4.78, 5) is 33.3. The number of nitrogens with one attached hydrogen (secondary N) is 2. The lowest BCUT2D eigenvalue weighted by atomic mass is 10.1. The molecule has 4 aromatic heterocycles. The lowest BCUT2D eigenvalue weighted by molar-refractivity contribution is 0.0522. The van der Waals surface area contributed by atoms with Crippen molar-refractivity contribution < 1.29 is 54.5 Å². The molecule has 0 aliphatic carbocycles. The van der Waals surface area contributed by atoms with Crippen LogP contribution >= 0.6 is 0 Å². The van der Waals surface area contributed by atoms with Gasteiger partial charge in [-0.2, -0.15) is 0 Å². The highest BCUT2D eigenvalue weighted by Gasteiger charge is 2.25. The van der Waals surface area contributed by atoms with E-state index in [0.29, 0.717) is 73.7 Å². The molecule has 0 spiro atoms. The number of ether oxygens (including phenoxy) is 3. The van der Waals surface area contributed by atoms with Gasteiger partial charge in [-0.25, -0.2) is 53.8 Å². The standard InChI is InChI=1S/C27H35FN4O5S.C26H33FN4O5S/c1-18-24(19-9-8-10-22(15-19)38(34,35)31(5)6)25-23(12-11-21(30-25)17-36-7)32(18)16-20(28)13-14-29-26(33)37-27(2,3)4;1-17-23(18-8-7-9-21(14-18)37(34,35)30(5)6)24-22(11-10-20(16-32)29-24)31(17)15-19(27)12-13-28-25(33)36-26(2,3)4/h8-13,15H,14,16-17H2,1-7H3,(H,29,33);7-12,14,32H,13,15-16H2,1-6H3,(H,28,33)/b20-13-;19-12-. The Morgan fingerprint density at radius 1 is 0.653 bits per heavy atom. The third-order valence-corrected chi connectivity index (χ3v) is 14.9. The molecule has 3 N–H and O–H groups in total. The summed E-state index contributed by atoms with van der Waals surface area (Å²) in [5, 5.41) is 14.6. The van der Waals surface area contributed by atoms with E-state index in [2.05, 4.69) is 15.6 Å². The number of carbonyl (C=O) groups excluding carboxylic acids is 2. The molecular formula is C53H68F2N8O10S2. The zero-order chi connectivity index (χ0) is 55.8. The van der Waals surface area contributed by atoms with Gasteiger partial charge in [-0.1, -0.05) is 24.3 Å². The second kappa shape index (κ2) is 24.4. The zero-order valence-corrected chi connectivity index (χ0v) is 46.3. The van der Waals surface area contributed by atoms with Crippen LogP contribution in [-0.2, 0) is 60.6 Å². The number of benzene rings is 2. The number of aliphatic hydroxyl groups is 1. The number of hydrogen-bond acceptors (Lipinski definition) is 12. The fraction of sp³-hybridized carbons (Fsp3) is 0.396. The highest BCUT2D eigenvalue weighted by molar-refractivity contribution is 7.89. The first kappa shape index (κ1) is 59.3. The molecule has 406 valence electrons. The van der Waals surface area contributed by atoms with E-state index < -0.39 is 55.1 Å². The van der Waals surface area contributed by atoms with Crippen molar-refractivity contribution >= 4 is 54.3 Å². The first-order chi connectivity index (χ1) is 35.0. The van der Waals surface area contributed by atoms with Gasteiger partial charge < -0.3 is 39.1 Å². The monoisotopic (exact) mass is 1080 g/mol. The molecule has 18 nitrogen and oxygen atoms in total. The Kier molecular flexibility index (Phi) is 19.3. The molecule has 22 heteroatoms. The van der Waals surface area contributed by atoms with Crippen molar-refractivity contribution in [3.8, 4) is 22.3 Å². The van der Waals surface area contributed by atoms with Gasteiger partial charge in [0, 0.05) is 70.9 Å². The van der Waals surface area contributed by atoms with Gasteiger partial charge in [0.2, 0.25) is 20.0 Å². The van der Waals surface area contributed by atoms with Crippen LogP contribution in [0.15, 0.2) is 106 Å². The van der Waals surface area contributed by atoms with Gasteiger partial charge in [-0.15, -0.1) is 0 Å². The molecule has 0 saturated heterocycles. The predicted octanol–water partition coefficient (Wildman–Crippen LogP) is 8.92. The Hall–Kier alpha value is -6.56. The number of carbonyl (C=O) groups is 2. The Labute approximate surface area is 438 Å². The van der Waals surface area contributed by atoms with Gasteiger partial charge >= 0.3 is 12.2 Å². The van der Waals surface area contributed by atoms with Crippen LogP contribution in [0.5, 0.6) is 0 Å². The smallest absolute Gasteiger partial charge is 0.407 e. The minimum Gasteiger partial charge on any atom is -0.444 e. The fourth-order valence-corrected chi connectivity index (χ4v) is 9.67. The van der Waals surface area contributed by atoms with Crippen molar-refractivity contribution in [2.24, 2.45) is 0 Å². The number of hydrogen-bond donors (Lipinski definition) is 3. The van der Waals surface area contributed by atoms with Gasteiger partial charge in [0.25, 0.3) is 0 Å². The number of allylic oxidation sites excluding steroid dienone is 2. The summed E-state index contributed by atoms with van der Waals surface area (Å²) < 4.78 is 102. The van der Waals surface area contributed by atoms with Crippen molar-refractivity contribution in [1.29, 1.82) is 0 Å². The minimum absolute atomic E-state index is 0.0352. The maximum absolute atomic E-state index is 15.0.